The molecule has 0 fully saturated rings. The van der Waals surface area contributed by atoms with E-state index in [0.717, 1.165) is 18.8 Å². The van der Waals surface area contributed by atoms with Gasteiger partial charge in [0.1, 0.15) is 12.4 Å². The van der Waals surface area contributed by atoms with Crippen LogP contribution in [-0.2, 0) is 19.6 Å². The standard InChI is InChI=1S/C10H12N2OS/c13-7-10-11-3-5-12(10)4-1-9-2-6-14-8-9/h2-3,5-6,8,13H,1,4,7H2. The highest BCUT2D eigenvalue weighted by atomic mass is 32.1. The second-order valence-corrected chi connectivity index (χ2v) is 3.86. The van der Waals surface area contributed by atoms with E-state index in [2.05, 4.69) is 21.8 Å². The lowest BCUT2D eigenvalue weighted by Gasteiger charge is -2.04. The Hall–Kier alpha value is -1.13. The summed E-state index contributed by atoms with van der Waals surface area (Å²) in [4.78, 5) is 4.05. The van der Waals surface area contributed by atoms with E-state index in [4.69, 9.17) is 5.11 Å². The van der Waals surface area contributed by atoms with Crippen molar-refractivity contribution >= 4 is 11.3 Å². The summed E-state index contributed by atoms with van der Waals surface area (Å²) >= 11 is 1.71. The summed E-state index contributed by atoms with van der Waals surface area (Å²) in [5.41, 5.74) is 1.34. The Labute approximate surface area is 86.7 Å². The number of aliphatic hydroxyl groups excluding tert-OH is 1. The van der Waals surface area contributed by atoms with Crippen molar-refractivity contribution in [3.8, 4) is 0 Å². The minimum absolute atomic E-state index is 0.0106. The molecular formula is C10H12N2OS. The first-order valence-corrected chi connectivity index (χ1v) is 5.46. The SMILES string of the molecule is OCc1nccn1CCc1ccsc1. The summed E-state index contributed by atoms with van der Waals surface area (Å²) in [6.45, 7) is 0.892. The van der Waals surface area contributed by atoms with Gasteiger partial charge in [0.15, 0.2) is 0 Å². The van der Waals surface area contributed by atoms with Crippen molar-refractivity contribution < 1.29 is 5.11 Å². The van der Waals surface area contributed by atoms with Crippen LogP contribution in [0.2, 0.25) is 0 Å². The maximum atomic E-state index is 8.98. The minimum Gasteiger partial charge on any atom is -0.388 e. The van der Waals surface area contributed by atoms with Crippen molar-refractivity contribution in [2.24, 2.45) is 0 Å². The van der Waals surface area contributed by atoms with Gasteiger partial charge in [0, 0.05) is 18.9 Å². The maximum Gasteiger partial charge on any atom is 0.134 e. The Morgan fingerprint density at radius 2 is 2.43 bits per heavy atom. The molecule has 14 heavy (non-hydrogen) atoms. The molecule has 0 aromatic carbocycles. The first-order chi connectivity index (χ1) is 6.90. The van der Waals surface area contributed by atoms with Gasteiger partial charge in [-0.3, -0.25) is 0 Å². The smallest absolute Gasteiger partial charge is 0.134 e. The third kappa shape index (κ3) is 2.02. The number of hydrogen-bond acceptors (Lipinski definition) is 3. The second kappa shape index (κ2) is 4.39. The highest BCUT2D eigenvalue weighted by molar-refractivity contribution is 7.07. The summed E-state index contributed by atoms with van der Waals surface area (Å²) in [7, 11) is 0. The first kappa shape index (κ1) is 9.43. The highest BCUT2D eigenvalue weighted by Crippen LogP contribution is 2.08. The molecule has 0 saturated carbocycles. The number of hydrogen-bond donors (Lipinski definition) is 1. The Balaban J connectivity index is 1.98. The average molecular weight is 208 g/mol. The number of thiophene rings is 1. The normalized spacial score (nSPS) is 10.6. The lowest BCUT2D eigenvalue weighted by molar-refractivity contribution is 0.265. The lowest BCUT2D eigenvalue weighted by Crippen LogP contribution is -2.04. The molecule has 0 bridgehead atoms. The second-order valence-electron chi connectivity index (χ2n) is 3.08. The molecule has 0 unspecified atom stereocenters. The van der Waals surface area contributed by atoms with Crippen LogP contribution in [0.15, 0.2) is 29.2 Å². The van der Waals surface area contributed by atoms with Crippen molar-refractivity contribution in [1.29, 1.82) is 0 Å². The number of imidazole rings is 1. The largest absolute Gasteiger partial charge is 0.388 e. The molecule has 2 rings (SSSR count). The quantitative estimate of drug-likeness (QED) is 0.830. The van der Waals surface area contributed by atoms with Gasteiger partial charge in [0.25, 0.3) is 0 Å². The Kier molecular flexibility index (Phi) is 2.96. The monoisotopic (exact) mass is 208 g/mol. The molecule has 2 heterocycles. The van der Waals surface area contributed by atoms with Gasteiger partial charge < -0.3 is 9.67 Å². The van der Waals surface area contributed by atoms with Crippen molar-refractivity contribution in [1.82, 2.24) is 9.55 Å². The van der Waals surface area contributed by atoms with E-state index < -0.39 is 0 Å². The van der Waals surface area contributed by atoms with Gasteiger partial charge in [0.05, 0.1) is 0 Å². The first-order valence-electron chi connectivity index (χ1n) is 4.52. The molecule has 4 heteroatoms. The number of aryl methyl sites for hydroxylation is 2. The third-order valence-corrected chi connectivity index (χ3v) is 2.90. The van der Waals surface area contributed by atoms with E-state index in [0.29, 0.717) is 0 Å². The number of aromatic nitrogens is 2. The number of aliphatic hydroxyl groups is 1. The van der Waals surface area contributed by atoms with Crippen LogP contribution in [0.3, 0.4) is 0 Å². The van der Waals surface area contributed by atoms with E-state index in [1.165, 1.54) is 5.56 Å². The van der Waals surface area contributed by atoms with Gasteiger partial charge in [-0.2, -0.15) is 11.3 Å². The summed E-state index contributed by atoms with van der Waals surface area (Å²) in [5, 5.41) is 13.2. The number of rotatable bonds is 4. The van der Waals surface area contributed by atoms with Crippen LogP contribution in [0.5, 0.6) is 0 Å². The van der Waals surface area contributed by atoms with Crippen LogP contribution in [0.1, 0.15) is 11.4 Å². The van der Waals surface area contributed by atoms with Gasteiger partial charge >= 0.3 is 0 Å². The minimum atomic E-state index is 0.0106. The predicted molar refractivity (Wildman–Crippen MR) is 56.2 cm³/mol. The molecule has 0 radical (unpaired) electrons. The zero-order valence-corrected chi connectivity index (χ0v) is 8.57. The maximum absolute atomic E-state index is 8.98. The van der Waals surface area contributed by atoms with Crippen molar-refractivity contribution in [2.45, 2.75) is 19.6 Å². The number of nitrogens with zero attached hydrogens (tertiary/aromatic N) is 2. The van der Waals surface area contributed by atoms with E-state index in [1.807, 2.05) is 10.8 Å². The Bertz CT molecular complexity index is 380. The molecule has 0 amide bonds. The van der Waals surface area contributed by atoms with Crippen LogP contribution in [0.25, 0.3) is 0 Å². The van der Waals surface area contributed by atoms with E-state index in [1.54, 1.807) is 17.5 Å². The molecule has 74 valence electrons. The van der Waals surface area contributed by atoms with E-state index >= 15 is 0 Å². The van der Waals surface area contributed by atoms with Gasteiger partial charge in [-0.1, -0.05) is 0 Å². The van der Waals surface area contributed by atoms with Crippen molar-refractivity contribution in [2.75, 3.05) is 0 Å². The van der Waals surface area contributed by atoms with Gasteiger partial charge in [0.2, 0.25) is 0 Å². The fraction of sp³-hybridized carbons (Fsp3) is 0.300. The van der Waals surface area contributed by atoms with Crippen molar-refractivity contribution in [3.63, 3.8) is 0 Å². The summed E-state index contributed by atoms with van der Waals surface area (Å²) < 4.78 is 1.98. The molecular weight excluding hydrogens is 196 g/mol. The van der Waals surface area contributed by atoms with Crippen LogP contribution in [-0.4, -0.2) is 14.7 Å². The zero-order chi connectivity index (χ0) is 9.80. The van der Waals surface area contributed by atoms with Gasteiger partial charge in [-0.15, -0.1) is 0 Å². The van der Waals surface area contributed by atoms with Gasteiger partial charge in [-0.25, -0.2) is 4.98 Å². The molecule has 2 aromatic rings. The van der Waals surface area contributed by atoms with E-state index in [9.17, 15) is 0 Å². The van der Waals surface area contributed by atoms with E-state index in [-0.39, 0.29) is 6.61 Å². The zero-order valence-electron chi connectivity index (χ0n) is 7.76. The van der Waals surface area contributed by atoms with Crippen LogP contribution in [0, 0.1) is 0 Å². The highest BCUT2D eigenvalue weighted by Gasteiger charge is 2.00. The van der Waals surface area contributed by atoms with Crippen molar-refractivity contribution in [3.05, 3.63) is 40.6 Å². The Morgan fingerprint density at radius 3 is 3.14 bits per heavy atom. The predicted octanol–water partition coefficient (Wildman–Crippen LogP) is 1.68. The van der Waals surface area contributed by atoms with Crippen LogP contribution >= 0.6 is 11.3 Å². The molecule has 1 N–H and O–H groups in total. The lowest BCUT2D eigenvalue weighted by atomic mass is 10.2. The molecule has 2 aromatic heterocycles. The topological polar surface area (TPSA) is 38.1 Å². The third-order valence-electron chi connectivity index (χ3n) is 2.16. The summed E-state index contributed by atoms with van der Waals surface area (Å²) in [6.07, 6.45) is 4.62. The Morgan fingerprint density at radius 1 is 1.50 bits per heavy atom. The summed E-state index contributed by atoms with van der Waals surface area (Å²) in [6, 6.07) is 2.13. The fourth-order valence-corrected chi connectivity index (χ4v) is 2.08. The molecule has 0 aliphatic rings. The molecule has 0 spiro atoms. The summed E-state index contributed by atoms with van der Waals surface area (Å²) in [5.74, 6) is 0.736. The molecule has 0 aliphatic carbocycles. The molecule has 3 nitrogen and oxygen atoms in total. The molecule has 0 aliphatic heterocycles. The van der Waals surface area contributed by atoms with Crippen LogP contribution < -0.4 is 0 Å². The van der Waals surface area contributed by atoms with Gasteiger partial charge in [-0.05, 0) is 28.8 Å². The molecule has 0 saturated heterocycles. The fourth-order valence-electron chi connectivity index (χ4n) is 1.38. The molecule has 0 atom stereocenters. The average Bonchev–Trinajstić information content (AvgIpc) is 2.85. The van der Waals surface area contributed by atoms with Crippen LogP contribution in [0.4, 0.5) is 0 Å².